The smallest absolute Gasteiger partial charge is 0.335 e. The first-order valence-electron chi connectivity index (χ1n) is 5.32. The molecule has 0 amide bonds. The van der Waals surface area contributed by atoms with E-state index in [0.717, 1.165) is 17.0 Å². The maximum Gasteiger partial charge on any atom is 0.335 e. The summed E-state index contributed by atoms with van der Waals surface area (Å²) in [7, 11) is 0. The molecule has 6 heteroatoms. The first-order valence-corrected chi connectivity index (χ1v) is 6.30. The zero-order chi connectivity index (χ0) is 13.1. The maximum absolute atomic E-state index is 10.8. The molecule has 2 heterocycles. The normalized spacial score (nSPS) is 10.6. The van der Waals surface area contributed by atoms with E-state index in [1.54, 1.807) is 6.07 Å². The minimum Gasteiger partial charge on any atom is -0.478 e. The Balaban J connectivity index is 2.11. The number of pyridine rings is 1. The Kier molecular flexibility index (Phi) is 3.66. The molecule has 0 atom stereocenters. The summed E-state index contributed by atoms with van der Waals surface area (Å²) in [5, 5.41) is 13.4. The molecular formula is C12H12N2O3S. The van der Waals surface area contributed by atoms with Crippen LogP contribution in [0.3, 0.4) is 0 Å². The second-order valence-electron chi connectivity index (χ2n) is 3.78. The first-order chi connectivity index (χ1) is 8.58. The Morgan fingerprint density at radius 2 is 2.28 bits per heavy atom. The Bertz CT molecular complexity index is 561. The van der Waals surface area contributed by atoms with E-state index < -0.39 is 5.97 Å². The number of hydrogen-bond acceptors (Lipinski definition) is 5. The second-order valence-corrected chi connectivity index (χ2v) is 4.77. The molecule has 0 spiro atoms. The number of aryl methyl sites for hydroxylation is 2. The van der Waals surface area contributed by atoms with Gasteiger partial charge in [-0.3, -0.25) is 0 Å². The number of thioether (sulfide) groups is 1. The molecule has 0 aliphatic rings. The summed E-state index contributed by atoms with van der Waals surface area (Å²) in [6.45, 7) is 3.74. The minimum atomic E-state index is -0.948. The van der Waals surface area contributed by atoms with Crippen LogP contribution in [0.5, 0.6) is 0 Å². The topological polar surface area (TPSA) is 76.2 Å². The van der Waals surface area contributed by atoms with Crippen LogP contribution in [0, 0.1) is 13.8 Å². The van der Waals surface area contributed by atoms with Gasteiger partial charge in [0.25, 0.3) is 0 Å². The van der Waals surface area contributed by atoms with Gasteiger partial charge in [0.15, 0.2) is 0 Å². The zero-order valence-electron chi connectivity index (χ0n) is 10.0. The van der Waals surface area contributed by atoms with Gasteiger partial charge in [-0.25, -0.2) is 9.78 Å². The largest absolute Gasteiger partial charge is 0.478 e. The summed E-state index contributed by atoms with van der Waals surface area (Å²) in [6, 6.07) is 3.04. The van der Waals surface area contributed by atoms with Crippen molar-refractivity contribution in [2.75, 3.05) is 0 Å². The van der Waals surface area contributed by atoms with Crippen LogP contribution in [0.4, 0.5) is 0 Å². The van der Waals surface area contributed by atoms with Gasteiger partial charge in [0, 0.05) is 17.5 Å². The summed E-state index contributed by atoms with van der Waals surface area (Å²) >= 11 is 1.46. The monoisotopic (exact) mass is 264 g/mol. The van der Waals surface area contributed by atoms with Crippen LogP contribution in [-0.4, -0.2) is 21.2 Å². The van der Waals surface area contributed by atoms with Gasteiger partial charge in [0.1, 0.15) is 5.76 Å². The van der Waals surface area contributed by atoms with E-state index in [-0.39, 0.29) is 5.56 Å². The molecule has 0 aliphatic carbocycles. The average molecular weight is 264 g/mol. The summed E-state index contributed by atoms with van der Waals surface area (Å²) in [6.07, 6.45) is 1.50. The molecule has 0 aromatic carbocycles. The molecule has 5 nitrogen and oxygen atoms in total. The number of nitrogens with zero attached hydrogens (tertiary/aromatic N) is 2. The van der Waals surface area contributed by atoms with Crippen molar-refractivity contribution in [3.63, 3.8) is 0 Å². The predicted octanol–water partition coefficient (Wildman–Crippen LogP) is 2.68. The standard InChI is InChI=1S/C12H12N2O3S/c1-7-10(8(2)17-14-7)6-18-11-5-9(12(15)16)3-4-13-11/h3-5H,6H2,1-2H3,(H,15,16). The van der Waals surface area contributed by atoms with Crippen molar-refractivity contribution in [3.05, 3.63) is 40.9 Å². The summed E-state index contributed by atoms with van der Waals surface area (Å²) in [5.41, 5.74) is 2.13. The van der Waals surface area contributed by atoms with Crippen molar-refractivity contribution in [3.8, 4) is 0 Å². The van der Waals surface area contributed by atoms with Crippen LogP contribution in [-0.2, 0) is 5.75 Å². The number of carbonyl (C=O) groups is 1. The molecule has 2 aromatic heterocycles. The molecular weight excluding hydrogens is 252 g/mol. The average Bonchev–Trinajstić information content (AvgIpc) is 2.67. The fourth-order valence-electron chi connectivity index (χ4n) is 1.48. The first kappa shape index (κ1) is 12.6. The molecule has 0 radical (unpaired) electrons. The number of aromatic carboxylic acids is 1. The van der Waals surface area contributed by atoms with Crippen LogP contribution in [0.15, 0.2) is 27.9 Å². The minimum absolute atomic E-state index is 0.242. The fraction of sp³-hybridized carbons (Fsp3) is 0.250. The third-order valence-electron chi connectivity index (χ3n) is 2.53. The molecule has 18 heavy (non-hydrogen) atoms. The highest BCUT2D eigenvalue weighted by molar-refractivity contribution is 7.98. The maximum atomic E-state index is 10.8. The van der Waals surface area contributed by atoms with Crippen molar-refractivity contribution in [1.29, 1.82) is 0 Å². The molecule has 94 valence electrons. The lowest BCUT2D eigenvalue weighted by Gasteiger charge is -2.01. The van der Waals surface area contributed by atoms with E-state index >= 15 is 0 Å². The third kappa shape index (κ3) is 2.70. The number of aromatic nitrogens is 2. The SMILES string of the molecule is Cc1noc(C)c1CSc1cc(C(=O)O)ccn1. The quantitative estimate of drug-likeness (QED) is 0.855. The molecule has 1 N–H and O–H groups in total. The Morgan fingerprint density at radius 3 is 2.89 bits per heavy atom. The van der Waals surface area contributed by atoms with Gasteiger partial charge in [-0.1, -0.05) is 5.16 Å². The zero-order valence-corrected chi connectivity index (χ0v) is 10.8. The fourth-order valence-corrected chi connectivity index (χ4v) is 2.53. The van der Waals surface area contributed by atoms with Crippen LogP contribution in [0.1, 0.15) is 27.4 Å². The number of rotatable bonds is 4. The molecule has 0 saturated heterocycles. The van der Waals surface area contributed by atoms with Gasteiger partial charge in [-0.2, -0.15) is 0 Å². The highest BCUT2D eigenvalue weighted by atomic mass is 32.2. The molecule has 0 saturated carbocycles. The molecule has 0 fully saturated rings. The molecule has 0 bridgehead atoms. The van der Waals surface area contributed by atoms with E-state index in [0.29, 0.717) is 10.8 Å². The van der Waals surface area contributed by atoms with Gasteiger partial charge < -0.3 is 9.63 Å². The van der Waals surface area contributed by atoms with Gasteiger partial charge in [-0.05, 0) is 26.0 Å². The van der Waals surface area contributed by atoms with Gasteiger partial charge >= 0.3 is 5.97 Å². The number of hydrogen-bond donors (Lipinski definition) is 1. The van der Waals surface area contributed by atoms with Crippen LogP contribution in [0.2, 0.25) is 0 Å². The summed E-state index contributed by atoms with van der Waals surface area (Å²) < 4.78 is 5.07. The van der Waals surface area contributed by atoms with Crippen molar-refractivity contribution < 1.29 is 14.4 Å². The van der Waals surface area contributed by atoms with Crippen LogP contribution < -0.4 is 0 Å². The van der Waals surface area contributed by atoms with E-state index in [1.165, 1.54) is 24.0 Å². The lowest BCUT2D eigenvalue weighted by molar-refractivity contribution is 0.0696. The summed E-state index contributed by atoms with van der Waals surface area (Å²) in [4.78, 5) is 15.0. The van der Waals surface area contributed by atoms with Crippen LogP contribution in [0.25, 0.3) is 0 Å². The highest BCUT2D eigenvalue weighted by Gasteiger charge is 2.10. The Labute approximate surface area is 108 Å². The Hall–Kier alpha value is -1.82. The predicted molar refractivity (Wildman–Crippen MR) is 66.7 cm³/mol. The van der Waals surface area contributed by atoms with E-state index in [9.17, 15) is 4.79 Å². The number of carboxylic acids is 1. The van der Waals surface area contributed by atoms with Gasteiger partial charge in [-0.15, -0.1) is 11.8 Å². The van der Waals surface area contributed by atoms with Crippen LogP contribution >= 0.6 is 11.8 Å². The lowest BCUT2D eigenvalue weighted by Crippen LogP contribution is -1.97. The molecule has 2 aromatic rings. The van der Waals surface area contributed by atoms with E-state index in [4.69, 9.17) is 9.63 Å². The van der Waals surface area contributed by atoms with Gasteiger partial charge in [0.2, 0.25) is 0 Å². The van der Waals surface area contributed by atoms with Crippen molar-refractivity contribution in [2.24, 2.45) is 0 Å². The summed E-state index contributed by atoms with van der Waals surface area (Å²) in [5.74, 6) is 0.503. The molecule has 2 rings (SSSR count). The second kappa shape index (κ2) is 5.22. The molecule has 0 aliphatic heterocycles. The highest BCUT2D eigenvalue weighted by Crippen LogP contribution is 2.25. The Morgan fingerprint density at radius 1 is 1.50 bits per heavy atom. The lowest BCUT2D eigenvalue weighted by atomic mass is 10.2. The van der Waals surface area contributed by atoms with Gasteiger partial charge in [0.05, 0.1) is 16.3 Å². The number of carboxylic acid groups (broad SMARTS) is 1. The molecule has 0 unspecified atom stereocenters. The van der Waals surface area contributed by atoms with E-state index in [1.807, 2.05) is 13.8 Å². The third-order valence-corrected chi connectivity index (χ3v) is 3.48. The van der Waals surface area contributed by atoms with Crippen molar-refractivity contribution in [2.45, 2.75) is 24.6 Å². The van der Waals surface area contributed by atoms with Crippen molar-refractivity contribution >= 4 is 17.7 Å². The van der Waals surface area contributed by atoms with Crippen molar-refractivity contribution in [1.82, 2.24) is 10.1 Å². The van der Waals surface area contributed by atoms with E-state index in [2.05, 4.69) is 10.1 Å².